The van der Waals surface area contributed by atoms with Crippen LogP contribution in [-0.4, -0.2) is 25.2 Å². The molecule has 1 saturated carbocycles. The van der Waals surface area contributed by atoms with Gasteiger partial charge in [0.15, 0.2) is 5.41 Å². The van der Waals surface area contributed by atoms with E-state index in [1.54, 1.807) is 13.8 Å². The highest BCUT2D eigenvalue weighted by Gasteiger charge is 2.59. The van der Waals surface area contributed by atoms with E-state index in [0.717, 1.165) is 5.57 Å². The van der Waals surface area contributed by atoms with Crippen LogP contribution in [0.3, 0.4) is 0 Å². The molecule has 5 nitrogen and oxygen atoms in total. The van der Waals surface area contributed by atoms with Crippen molar-refractivity contribution in [1.82, 2.24) is 0 Å². The molecule has 0 amide bonds. The third-order valence-electron chi connectivity index (χ3n) is 3.86. The number of carbonyl (C=O) groups is 2. The highest BCUT2D eigenvalue weighted by molar-refractivity contribution is 6.01. The Kier molecular flexibility index (Phi) is 4.93. The molecule has 1 aliphatic carbocycles. The van der Waals surface area contributed by atoms with Crippen LogP contribution in [0.1, 0.15) is 40.0 Å². The van der Waals surface area contributed by atoms with Crippen LogP contribution in [0.2, 0.25) is 0 Å². The average Bonchev–Trinajstić information content (AvgIpc) is 2.64. The summed E-state index contributed by atoms with van der Waals surface area (Å²) in [5.74, 6) is -1.16. The summed E-state index contributed by atoms with van der Waals surface area (Å²) in [6, 6.07) is 2.10. The maximum absolute atomic E-state index is 12.3. The number of hydrogen-bond donors (Lipinski definition) is 0. The molecule has 0 aromatic rings. The molecule has 1 atom stereocenters. The van der Waals surface area contributed by atoms with Crippen LogP contribution in [0.5, 0.6) is 0 Å². The first-order chi connectivity index (χ1) is 9.36. The van der Waals surface area contributed by atoms with Gasteiger partial charge in [0, 0.05) is 11.8 Å². The van der Waals surface area contributed by atoms with Gasteiger partial charge < -0.3 is 9.47 Å². The van der Waals surface area contributed by atoms with E-state index in [4.69, 9.17) is 14.7 Å². The highest BCUT2D eigenvalue weighted by Crippen LogP contribution is 2.55. The number of esters is 2. The molecule has 0 saturated heterocycles. The van der Waals surface area contributed by atoms with Crippen LogP contribution < -0.4 is 0 Å². The summed E-state index contributed by atoms with van der Waals surface area (Å²) in [6.07, 6.45) is 0.610. The molecule has 0 heterocycles. The van der Waals surface area contributed by atoms with Crippen molar-refractivity contribution in [2.24, 2.45) is 10.8 Å². The smallest absolute Gasteiger partial charge is 0.323 e. The highest BCUT2D eigenvalue weighted by atomic mass is 16.6. The molecule has 0 aromatic carbocycles. The zero-order valence-electron chi connectivity index (χ0n) is 12.3. The second-order valence-corrected chi connectivity index (χ2v) is 5.38. The Bertz CT molecular complexity index is 445. The van der Waals surface area contributed by atoms with Gasteiger partial charge >= 0.3 is 11.9 Å². The summed E-state index contributed by atoms with van der Waals surface area (Å²) < 4.78 is 10.1. The molecule has 110 valence electrons. The number of nitrogens with zero attached hydrogens (tertiary/aromatic N) is 1. The minimum atomic E-state index is -1.35. The molecular weight excluding hydrogens is 258 g/mol. The lowest BCUT2D eigenvalue weighted by Gasteiger charge is -2.26. The standard InChI is InChI=1S/C15H21NO4/c1-5-19-12(17)15(13(18)20-6-2)9-11(3)14(4,10-15)7-8-16/h3,5-7,9-10H2,1-2,4H3. The van der Waals surface area contributed by atoms with Crippen LogP contribution in [0.15, 0.2) is 12.2 Å². The SMILES string of the molecule is C=C1CC(C(=O)OCC)(C(=O)OCC)CC1(C)CC#N. The molecular formula is C15H21NO4. The Hall–Kier alpha value is -1.83. The van der Waals surface area contributed by atoms with Crippen molar-refractivity contribution in [3.63, 3.8) is 0 Å². The summed E-state index contributed by atoms with van der Waals surface area (Å²) in [5.41, 5.74) is -1.19. The van der Waals surface area contributed by atoms with Gasteiger partial charge in [0.25, 0.3) is 0 Å². The number of ether oxygens (including phenoxy) is 2. The predicted octanol–water partition coefficient (Wildman–Crippen LogP) is 2.37. The lowest BCUT2D eigenvalue weighted by atomic mass is 9.78. The molecule has 0 bridgehead atoms. The molecule has 1 unspecified atom stereocenters. The Morgan fingerprint density at radius 3 is 2.20 bits per heavy atom. The molecule has 1 fully saturated rings. The lowest BCUT2D eigenvalue weighted by molar-refractivity contribution is -0.172. The minimum Gasteiger partial charge on any atom is -0.465 e. The minimum absolute atomic E-state index is 0.183. The quantitative estimate of drug-likeness (QED) is 0.438. The van der Waals surface area contributed by atoms with Gasteiger partial charge in [-0.15, -0.1) is 0 Å². The molecule has 0 radical (unpaired) electrons. The third-order valence-corrected chi connectivity index (χ3v) is 3.86. The van der Waals surface area contributed by atoms with Crippen molar-refractivity contribution in [3.05, 3.63) is 12.2 Å². The maximum Gasteiger partial charge on any atom is 0.323 e. The molecule has 0 aliphatic heterocycles. The van der Waals surface area contributed by atoms with Gasteiger partial charge in [-0.3, -0.25) is 9.59 Å². The number of carbonyl (C=O) groups excluding carboxylic acids is 2. The van der Waals surface area contributed by atoms with Crippen molar-refractivity contribution in [1.29, 1.82) is 5.26 Å². The van der Waals surface area contributed by atoms with Gasteiger partial charge in [-0.2, -0.15) is 5.26 Å². The van der Waals surface area contributed by atoms with Gasteiger partial charge in [-0.1, -0.05) is 19.1 Å². The summed E-state index contributed by atoms with van der Waals surface area (Å²) in [5, 5.41) is 8.94. The number of rotatable bonds is 5. The second-order valence-electron chi connectivity index (χ2n) is 5.38. The topological polar surface area (TPSA) is 76.4 Å². The van der Waals surface area contributed by atoms with E-state index in [-0.39, 0.29) is 32.5 Å². The van der Waals surface area contributed by atoms with Crippen molar-refractivity contribution < 1.29 is 19.1 Å². The van der Waals surface area contributed by atoms with Crippen LogP contribution >= 0.6 is 0 Å². The Morgan fingerprint density at radius 1 is 1.30 bits per heavy atom. The van der Waals surface area contributed by atoms with Gasteiger partial charge in [-0.05, 0) is 26.7 Å². The van der Waals surface area contributed by atoms with Crippen molar-refractivity contribution in [2.75, 3.05) is 13.2 Å². The second kappa shape index (κ2) is 6.08. The number of nitriles is 1. The van der Waals surface area contributed by atoms with E-state index in [1.807, 2.05) is 6.92 Å². The van der Waals surface area contributed by atoms with E-state index in [0.29, 0.717) is 0 Å². The van der Waals surface area contributed by atoms with Crippen LogP contribution in [0, 0.1) is 22.2 Å². The fourth-order valence-electron chi connectivity index (χ4n) is 2.70. The fourth-order valence-corrected chi connectivity index (χ4v) is 2.70. The average molecular weight is 279 g/mol. The van der Waals surface area contributed by atoms with E-state index >= 15 is 0 Å². The zero-order valence-corrected chi connectivity index (χ0v) is 12.3. The Morgan fingerprint density at radius 2 is 1.80 bits per heavy atom. The molecule has 0 aromatic heterocycles. The molecule has 20 heavy (non-hydrogen) atoms. The number of allylic oxidation sites excluding steroid dienone is 1. The summed E-state index contributed by atoms with van der Waals surface area (Å²) >= 11 is 0. The first kappa shape index (κ1) is 16.2. The summed E-state index contributed by atoms with van der Waals surface area (Å²) in [6.45, 7) is 9.56. The monoisotopic (exact) mass is 279 g/mol. The molecule has 1 aliphatic rings. The van der Waals surface area contributed by atoms with Gasteiger partial charge in [0.05, 0.1) is 19.3 Å². The van der Waals surface area contributed by atoms with E-state index < -0.39 is 22.8 Å². The van der Waals surface area contributed by atoms with Crippen LogP contribution in [0.25, 0.3) is 0 Å². The first-order valence-corrected chi connectivity index (χ1v) is 6.76. The molecule has 1 rings (SSSR count). The van der Waals surface area contributed by atoms with Crippen LogP contribution in [-0.2, 0) is 19.1 Å². The Balaban J connectivity index is 3.16. The first-order valence-electron chi connectivity index (χ1n) is 6.76. The summed E-state index contributed by atoms with van der Waals surface area (Å²) in [4.78, 5) is 24.5. The van der Waals surface area contributed by atoms with Gasteiger partial charge in [-0.25, -0.2) is 0 Å². The van der Waals surface area contributed by atoms with E-state index in [2.05, 4.69) is 12.6 Å². The largest absolute Gasteiger partial charge is 0.465 e. The Labute approximate surface area is 119 Å². The van der Waals surface area contributed by atoms with Gasteiger partial charge in [0.1, 0.15) is 0 Å². The normalized spacial score (nSPS) is 24.0. The van der Waals surface area contributed by atoms with Crippen molar-refractivity contribution >= 4 is 11.9 Å². The molecule has 5 heteroatoms. The lowest BCUT2D eigenvalue weighted by Crippen LogP contribution is -2.40. The maximum atomic E-state index is 12.3. The van der Waals surface area contributed by atoms with Crippen molar-refractivity contribution in [2.45, 2.75) is 40.0 Å². The predicted molar refractivity (Wildman–Crippen MR) is 72.4 cm³/mol. The van der Waals surface area contributed by atoms with Gasteiger partial charge in [0.2, 0.25) is 0 Å². The fraction of sp³-hybridized carbons (Fsp3) is 0.667. The van der Waals surface area contributed by atoms with E-state index in [9.17, 15) is 9.59 Å². The molecule has 0 N–H and O–H groups in total. The molecule has 0 spiro atoms. The summed E-state index contributed by atoms with van der Waals surface area (Å²) in [7, 11) is 0. The van der Waals surface area contributed by atoms with E-state index in [1.165, 1.54) is 0 Å². The zero-order chi connectivity index (χ0) is 15.4. The number of hydrogen-bond acceptors (Lipinski definition) is 5. The van der Waals surface area contributed by atoms with Crippen LogP contribution in [0.4, 0.5) is 0 Å². The third kappa shape index (κ3) is 2.69. The van der Waals surface area contributed by atoms with Crippen molar-refractivity contribution in [3.8, 4) is 6.07 Å².